The Hall–Kier alpha value is -7.20. The Morgan fingerprint density at radius 1 is 0.520 bits per heavy atom. The molecule has 518 valence electrons. The van der Waals surface area contributed by atoms with E-state index in [9.17, 15) is 53.8 Å². The number of aryl methyl sites for hydroxylation is 2. The van der Waals surface area contributed by atoms with E-state index in [0.717, 1.165) is 90.0 Å². The Morgan fingerprint density at radius 3 is 1.43 bits per heavy atom. The maximum absolute atomic E-state index is 13.9. The highest BCUT2D eigenvalue weighted by molar-refractivity contribution is 8.04. The summed E-state index contributed by atoms with van der Waals surface area (Å²) in [6.07, 6.45) is 6.76. The molecule has 2 amide bonds. The van der Waals surface area contributed by atoms with E-state index in [4.69, 9.17) is 27.5 Å². The lowest BCUT2D eigenvalue weighted by molar-refractivity contribution is -0.669. The third kappa shape index (κ3) is 17.8. The van der Waals surface area contributed by atoms with Gasteiger partial charge in [-0.2, -0.15) is 34.4 Å². The summed E-state index contributed by atoms with van der Waals surface area (Å²) in [5.74, 6) is -1.89. The first-order chi connectivity index (χ1) is 48.0. The number of nitrogens with one attached hydrogen (secondary N) is 2. The van der Waals surface area contributed by atoms with Gasteiger partial charge in [0.1, 0.15) is 14.3 Å². The number of anilines is 2. The predicted octanol–water partition coefficient (Wildman–Crippen LogP) is 15.5. The Bertz CT molecular complexity index is 5180. The first-order valence-electron chi connectivity index (χ1n) is 31.4. The van der Waals surface area contributed by atoms with Gasteiger partial charge in [0.15, 0.2) is 13.1 Å². The number of benzene rings is 8. The lowest BCUT2D eigenvalue weighted by Crippen LogP contribution is -2.36. The summed E-state index contributed by atoms with van der Waals surface area (Å²) in [5.41, 5.74) is 7.97. The molecule has 0 fully saturated rings. The zero-order valence-electron chi connectivity index (χ0n) is 52.9. The van der Waals surface area contributed by atoms with Gasteiger partial charge < -0.3 is 20.4 Å². The number of halogens is 2. The summed E-state index contributed by atoms with van der Waals surface area (Å²) >= 11 is 19.7. The number of thiazole rings is 2. The highest BCUT2D eigenvalue weighted by atomic mass is 35.5. The molecule has 0 bridgehead atoms. The van der Waals surface area contributed by atoms with Gasteiger partial charge in [0, 0.05) is 92.6 Å². The molecular formula is C70H64Cl2N6O14S8+2. The minimum Gasteiger partial charge on any atom is -0.352 e. The number of aromatic nitrogens is 2. The van der Waals surface area contributed by atoms with Crippen LogP contribution in [0.15, 0.2) is 199 Å². The van der Waals surface area contributed by atoms with Gasteiger partial charge in [-0.15, -0.1) is 4.33 Å². The molecule has 0 radical (unpaired) electrons. The fourth-order valence-corrected chi connectivity index (χ4v) is 19.0. The molecule has 4 heterocycles. The zero-order chi connectivity index (χ0) is 70.3. The van der Waals surface area contributed by atoms with Crippen LogP contribution in [0.3, 0.4) is 0 Å². The largest absolute Gasteiger partial charge is 0.352 e. The molecule has 10 aromatic rings. The molecule has 2 aromatic heterocycles. The van der Waals surface area contributed by atoms with E-state index in [2.05, 4.69) is 73.4 Å². The predicted molar refractivity (Wildman–Crippen MR) is 398 cm³/mol. The molecular weight excluding hydrogens is 1480 g/mol. The second kappa shape index (κ2) is 32.0. The van der Waals surface area contributed by atoms with E-state index >= 15 is 0 Å². The second-order valence-corrected chi connectivity index (χ2v) is 33.7. The van der Waals surface area contributed by atoms with Gasteiger partial charge in [0.2, 0.25) is 11.0 Å². The highest BCUT2D eigenvalue weighted by Crippen LogP contribution is 2.50. The number of unbranched alkanes of at least 4 members (excludes halogenated alkanes) is 2. The molecule has 2 aliphatic heterocycles. The Kier molecular flexibility index (Phi) is 23.2. The van der Waals surface area contributed by atoms with E-state index in [0.29, 0.717) is 74.0 Å². The molecule has 0 spiro atoms. The molecule has 6 N–H and O–H groups in total. The number of amides is 2. The molecule has 0 saturated heterocycles. The molecule has 0 saturated carbocycles. The first-order valence-corrected chi connectivity index (χ1v) is 40.8. The topological polar surface area (TPSA) is 274 Å². The normalized spacial score (nSPS) is 14.0. The van der Waals surface area contributed by atoms with Gasteiger partial charge >= 0.3 is 0 Å². The number of hydrogen-bond acceptors (Lipinski definition) is 18. The van der Waals surface area contributed by atoms with Gasteiger partial charge in [-0.05, 0) is 126 Å². The van der Waals surface area contributed by atoms with Gasteiger partial charge in [-0.3, -0.25) is 23.2 Å². The molecule has 12 rings (SSSR count). The van der Waals surface area contributed by atoms with Crippen molar-refractivity contribution in [2.75, 3.05) is 47.5 Å². The lowest BCUT2D eigenvalue weighted by Gasteiger charge is -2.20. The summed E-state index contributed by atoms with van der Waals surface area (Å²) in [7, 11) is -13.4. The number of carbonyl (C=O) groups excluding carboxylic acids is 2. The fourth-order valence-electron chi connectivity index (χ4n) is 11.8. The van der Waals surface area contributed by atoms with Crippen molar-refractivity contribution in [2.45, 2.75) is 71.2 Å². The molecule has 2 aliphatic rings. The van der Waals surface area contributed by atoms with E-state index in [-0.39, 0.29) is 53.1 Å². The average Bonchev–Trinajstić information content (AvgIpc) is 1.49. The van der Waals surface area contributed by atoms with Crippen molar-refractivity contribution in [2.24, 2.45) is 0 Å². The molecule has 0 unspecified atom stereocenters. The van der Waals surface area contributed by atoms with Crippen LogP contribution < -0.4 is 29.6 Å². The monoisotopic (exact) mass is 1540 g/mol. The van der Waals surface area contributed by atoms with Crippen molar-refractivity contribution in [1.82, 2.24) is 10.6 Å². The maximum atomic E-state index is 13.9. The summed E-state index contributed by atoms with van der Waals surface area (Å²) in [6.45, 7) is 2.15. The van der Waals surface area contributed by atoms with Crippen molar-refractivity contribution in [3.63, 3.8) is 0 Å². The number of hydrogen-bond donors (Lipinski definition) is 6. The van der Waals surface area contributed by atoms with Crippen LogP contribution in [0.1, 0.15) is 69.3 Å². The molecule has 0 aliphatic carbocycles. The maximum Gasteiger partial charge on any atom is 0.295 e. The minimum atomic E-state index is -5.01. The third-order valence-electron chi connectivity index (χ3n) is 16.5. The van der Waals surface area contributed by atoms with Crippen LogP contribution in [0.5, 0.6) is 0 Å². The Balaban J connectivity index is 0.719. The number of carbonyl (C=O) groups is 2. The summed E-state index contributed by atoms with van der Waals surface area (Å²) in [6, 6.07) is 51.9. The van der Waals surface area contributed by atoms with E-state index in [1.54, 1.807) is 34.8 Å². The smallest absolute Gasteiger partial charge is 0.295 e. The lowest BCUT2D eigenvalue weighted by atomic mass is 10.0. The highest BCUT2D eigenvalue weighted by Gasteiger charge is 2.32. The Labute approximate surface area is 608 Å². The van der Waals surface area contributed by atoms with E-state index < -0.39 is 58.6 Å². The Morgan fingerprint density at radius 2 is 0.980 bits per heavy atom. The van der Waals surface area contributed by atoms with Crippen LogP contribution in [0.4, 0.5) is 11.4 Å². The fraction of sp³-hybridized carbons (Fsp3) is 0.200. The van der Waals surface area contributed by atoms with Crippen molar-refractivity contribution in [1.29, 1.82) is 0 Å². The first kappa shape index (κ1) is 72.6. The second-order valence-electron chi connectivity index (χ2n) is 23.3. The third-order valence-corrected chi connectivity index (χ3v) is 24.6. The number of fused-ring (bicyclic) bond motifs is 4. The summed E-state index contributed by atoms with van der Waals surface area (Å²) in [4.78, 5) is 33.1. The van der Waals surface area contributed by atoms with Crippen molar-refractivity contribution in [3.8, 4) is 33.4 Å². The van der Waals surface area contributed by atoms with Crippen molar-refractivity contribution >= 4 is 168 Å². The summed E-state index contributed by atoms with van der Waals surface area (Å²) in [5, 5.41) is 23.6. The number of nitrogens with zero attached hydrogens (tertiary/aromatic N) is 4. The summed E-state index contributed by atoms with van der Waals surface area (Å²) < 4.78 is 115. The molecule has 8 aromatic carbocycles. The molecule has 100 heavy (non-hydrogen) atoms. The van der Waals surface area contributed by atoms with Crippen LogP contribution in [0.25, 0.3) is 66.0 Å². The number of thioether (sulfide) groups is 2. The molecule has 20 nitrogen and oxygen atoms in total. The van der Waals surface area contributed by atoms with Crippen LogP contribution in [0.2, 0.25) is 10.0 Å². The minimum absolute atomic E-state index is 0.0455. The molecule has 30 heteroatoms. The SMILES string of the molecule is O=C(NCCCC[n+]1c(C=C2Sc3ccc(Cl)cc3N2CCCS(=O)(=O)O)sc2ccc(-c3ccccc3)cc21)c1ccc(-c2ccc(C(=O)NCCCC[n+]3c(C=C4Sc5ccc(Cl)cc5N4CCCS(=O)(=O)O)sc4ccc(-c5ccccc5)cc43)cc2S(=O)(=O)O)c(SOOO)c1. The van der Waals surface area contributed by atoms with Gasteiger partial charge in [0.25, 0.3) is 52.2 Å². The molecule has 0 atom stereocenters. The van der Waals surface area contributed by atoms with Gasteiger partial charge in [-0.1, -0.05) is 159 Å². The van der Waals surface area contributed by atoms with Crippen LogP contribution in [-0.4, -0.2) is 93.7 Å². The van der Waals surface area contributed by atoms with Crippen molar-refractivity contribution < 1.29 is 72.3 Å². The van der Waals surface area contributed by atoms with E-state index in [1.807, 2.05) is 94.7 Å². The van der Waals surface area contributed by atoms with Crippen LogP contribution >= 0.6 is 81.4 Å². The standard InChI is InChI=1S/C70H62Cl2N6O14S8/c71-51-21-27-61-57(41-51)77(33-11-35-98(82,83)84)67(95-61)43-65-75(55-37-47(19-25-59(55)93-65)45-13-3-1-4-14-45)31-9-7-29-73-69(79)49-17-23-53(63(39-49)97-92-91-81)54-24-18-50(40-64(54)100(88,89)90)70(80)74-30-8-10-32-76-56-38-48(46-15-5-2-6-16-46)20-26-60(56)94-66(76)44-68-78(34-12-36-99(85,86)87)58-42-52(72)22-28-62(58)96-68/h1-6,13-28,37-44H,7-12,29-36H2,(H4-2,73,74,79,80,81,82,83,84,85,86,87,88,89,90)/p+2. The van der Waals surface area contributed by atoms with Gasteiger partial charge in [0.05, 0.1) is 57.1 Å². The number of rotatable bonds is 29. The van der Waals surface area contributed by atoms with Crippen molar-refractivity contribution in [3.05, 3.63) is 211 Å². The quantitative estimate of drug-likeness (QED) is 0.00635. The van der Waals surface area contributed by atoms with Crippen LogP contribution in [-0.2, 0) is 52.8 Å². The van der Waals surface area contributed by atoms with E-state index in [1.165, 1.54) is 53.9 Å². The van der Waals surface area contributed by atoms with Crippen LogP contribution in [0, 0.1) is 0 Å². The average molecular weight is 1540 g/mol. The van der Waals surface area contributed by atoms with Gasteiger partial charge in [-0.25, -0.2) is 5.26 Å². The zero-order valence-corrected chi connectivity index (χ0v) is 60.9.